The van der Waals surface area contributed by atoms with Gasteiger partial charge in [0, 0.05) is 24.8 Å². The molecule has 1 aromatic heterocycles. The Kier molecular flexibility index (Phi) is 5.18. The molecule has 0 fully saturated rings. The summed E-state index contributed by atoms with van der Waals surface area (Å²) in [7, 11) is -3.64. The Balaban J connectivity index is 1.76. The van der Waals surface area contributed by atoms with Gasteiger partial charge >= 0.3 is 0 Å². The normalized spacial score (nSPS) is 17.2. The van der Waals surface area contributed by atoms with E-state index in [4.69, 9.17) is 0 Å². The van der Waals surface area contributed by atoms with Gasteiger partial charge in [0.15, 0.2) is 0 Å². The second-order valence-corrected chi connectivity index (χ2v) is 9.76. The van der Waals surface area contributed by atoms with Crippen molar-refractivity contribution in [3.63, 3.8) is 0 Å². The molecule has 28 heavy (non-hydrogen) atoms. The summed E-state index contributed by atoms with van der Waals surface area (Å²) in [6.45, 7) is 0.730. The van der Waals surface area contributed by atoms with E-state index in [2.05, 4.69) is 11.4 Å². The van der Waals surface area contributed by atoms with E-state index in [0.29, 0.717) is 22.7 Å². The molecular formula is C21H19N3O2S2. The second-order valence-electron chi connectivity index (χ2n) is 6.69. The van der Waals surface area contributed by atoms with Gasteiger partial charge in [0.2, 0.25) is 0 Å². The van der Waals surface area contributed by atoms with Gasteiger partial charge in [0.25, 0.3) is 10.0 Å². The average molecular weight is 410 g/mol. The van der Waals surface area contributed by atoms with Crippen molar-refractivity contribution >= 4 is 27.0 Å². The molecule has 0 unspecified atom stereocenters. The van der Waals surface area contributed by atoms with Crippen LogP contribution in [0.2, 0.25) is 0 Å². The van der Waals surface area contributed by atoms with Crippen LogP contribution in [0.4, 0.5) is 5.69 Å². The van der Waals surface area contributed by atoms with Crippen LogP contribution in [0.15, 0.2) is 70.3 Å². The van der Waals surface area contributed by atoms with Gasteiger partial charge in [-0.05, 0) is 47.2 Å². The summed E-state index contributed by atoms with van der Waals surface area (Å²) in [5, 5.41) is 14.4. The van der Waals surface area contributed by atoms with E-state index in [1.807, 2.05) is 36.4 Å². The van der Waals surface area contributed by atoms with Gasteiger partial charge in [-0.25, -0.2) is 8.42 Å². The minimum absolute atomic E-state index is 0.232. The maximum Gasteiger partial charge on any atom is 0.253 e. The van der Waals surface area contributed by atoms with Gasteiger partial charge in [-0.2, -0.15) is 9.57 Å². The summed E-state index contributed by atoms with van der Waals surface area (Å²) < 4.78 is 28.7. The highest BCUT2D eigenvalue weighted by Crippen LogP contribution is 2.31. The van der Waals surface area contributed by atoms with Gasteiger partial charge in [0.1, 0.15) is 4.21 Å². The smallest absolute Gasteiger partial charge is 0.253 e. The van der Waals surface area contributed by atoms with Gasteiger partial charge in [0.05, 0.1) is 11.6 Å². The van der Waals surface area contributed by atoms with Gasteiger partial charge < -0.3 is 5.32 Å². The fraction of sp³-hybridized carbons (Fsp3) is 0.190. The zero-order valence-corrected chi connectivity index (χ0v) is 16.7. The van der Waals surface area contributed by atoms with Crippen LogP contribution in [0.3, 0.4) is 0 Å². The number of nitrogens with zero attached hydrogens (tertiary/aromatic N) is 2. The highest BCUT2D eigenvalue weighted by Gasteiger charge is 2.34. The lowest BCUT2D eigenvalue weighted by Gasteiger charge is -2.28. The molecular weight excluding hydrogens is 390 g/mol. The number of anilines is 1. The van der Waals surface area contributed by atoms with Crippen molar-refractivity contribution in [2.45, 2.75) is 23.2 Å². The van der Waals surface area contributed by atoms with Crippen molar-refractivity contribution in [2.24, 2.45) is 0 Å². The number of nitriles is 1. The van der Waals surface area contributed by atoms with E-state index in [1.165, 1.54) is 11.3 Å². The molecule has 0 spiro atoms. The first kappa shape index (κ1) is 18.7. The maximum absolute atomic E-state index is 13.4. The van der Waals surface area contributed by atoms with Crippen LogP contribution in [0, 0.1) is 11.3 Å². The van der Waals surface area contributed by atoms with Crippen molar-refractivity contribution in [1.82, 2.24) is 4.31 Å². The molecule has 1 N–H and O–H groups in total. The molecule has 142 valence electrons. The third-order valence-electron chi connectivity index (χ3n) is 4.87. The highest BCUT2D eigenvalue weighted by molar-refractivity contribution is 7.91. The van der Waals surface area contributed by atoms with Crippen molar-refractivity contribution in [3.8, 4) is 6.07 Å². The number of fused-ring (bicyclic) bond motifs is 1. The Bertz CT molecular complexity index is 1100. The van der Waals surface area contributed by atoms with E-state index in [-0.39, 0.29) is 12.6 Å². The minimum Gasteiger partial charge on any atom is -0.383 e. The lowest BCUT2D eigenvalue weighted by molar-refractivity contribution is 0.326. The molecule has 2 aromatic carbocycles. The topological polar surface area (TPSA) is 73.2 Å². The summed E-state index contributed by atoms with van der Waals surface area (Å²) in [6, 6.07) is 20.6. The maximum atomic E-state index is 13.4. The molecule has 7 heteroatoms. The van der Waals surface area contributed by atoms with Crippen LogP contribution in [0.5, 0.6) is 0 Å². The molecule has 0 saturated heterocycles. The molecule has 0 radical (unpaired) electrons. The Morgan fingerprint density at radius 3 is 2.68 bits per heavy atom. The van der Waals surface area contributed by atoms with Crippen molar-refractivity contribution < 1.29 is 8.42 Å². The molecule has 2 heterocycles. The molecule has 1 atom stereocenters. The monoisotopic (exact) mass is 409 g/mol. The number of nitrogens with one attached hydrogen (secondary N) is 1. The summed E-state index contributed by atoms with van der Waals surface area (Å²) >= 11 is 1.23. The first-order valence-corrected chi connectivity index (χ1v) is 11.3. The minimum atomic E-state index is -3.64. The Morgan fingerprint density at radius 1 is 1.14 bits per heavy atom. The third kappa shape index (κ3) is 3.67. The summed E-state index contributed by atoms with van der Waals surface area (Å²) in [5.74, 6) is 0. The highest BCUT2D eigenvalue weighted by atomic mass is 32.2. The molecule has 3 aromatic rings. The van der Waals surface area contributed by atoms with Crippen LogP contribution in [-0.4, -0.2) is 25.3 Å². The third-order valence-corrected chi connectivity index (χ3v) is 8.14. The van der Waals surface area contributed by atoms with Crippen molar-refractivity contribution in [2.75, 3.05) is 11.9 Å². The molecule has 0 amide bonds. The molecule has 0 aliphatic carbocycles. The Labute approximate surface area is 168 Å². The number of thiophene rings is 1. The number of hydrogen-bond donors (Lipinski definition) is 1. The van der Waals surface area contributed by atoms with Crippen LogP contribution < -0.4 is 5.32 Å². The number of hydrogen-bond acceptors (Lipinski definition) is 5. The molecule has 0 saturated carbocycles. The number of rotatable bonds is 4. The van der Waals surface area contributed by atoms with E-state index < -0.39 is 10.0 Å². The predicted octanol–water partition coefficient (Wildman–Crippen LogP) is 3.85. The molecule has 0 bridgehead atoms. The zero-order chi connectivity index (χ0) is 19.6. The van der Waals surface area contributed by atoms with Crippen molar-refractivity contribution in [1.29, 1.82) is 5.26 Å². The number of sulfonamides is 1. The fourth-order valence-corrected chi connectivity index (χ4v) is 6.18. The Morgan fingerprint density at radius 2 is 1.96 bits per heavy atom. The average Bonchev–Trinajstić information content (AvgIpc) is 3.20. The fourth-order valence-electron chi connectivity index (χ4n) is 3.46. The molecule has 5 nitrogen and oxygen atoms in total. The van der Waals surface area contributed by atoms with E-state index in [0.717, 1.165) is 16.8 Å². The first-order chi connectivity index (χ1) is 13.6. The molecule has 1 aliphatic rings. The van der Waals surface area contributed by atoms with E-state index in [9.17, 15) is 13.7 Å². The standard InChI is InChI=1S/C21H19N3O2S2/c22-13-17-8-9-20-18(11-17)15-24(28(25,26)21-7-4-10-27-21)19(14-23-20)12-16-5-2-1-3-6-16/h1-11,19,23H,12,14-15H2/t19-/m1/s1. The van der Waals surface area contributed by atoms with Crippen LogP contribution in [-0.2, 0) is 23.0 Å². The van der Waals surface area contributed by atoms with Crippen LogP contribution in [0.1, 0.15) is 16.7 Å². The van der Waals surface area contributed by atoms with E-state index in [1.54, 1.807) is 34.0 Å². The largest absolute Gasteiger partial charge is 0.383 e. The lowest BCUT2D eigenvalue weighted by atomic mass is 10.1. The Hall–Kier alpha value is -2.66. The van der Waals surface area contributed by atoms with Gasteiger partial charge in [-0.3, -0.25) is 0 Å². The second kappa shape index (κ2) is 7.76. The summed E-state index contributed by atoms with van der Waals surface area (Å²) in [4.78, 5) is 0. The molecule has 4 rings (SSSR count). The van der Waals surface area contributed by atoms with E-state index >= 15 is 0 Å². The van der Waals surface area contributed by atoms with Gasteiger partial charge in [-0.1, -0.05) is 36.4 Å². The van der Waals surface area contributed by atoms with Gasteiger partial charge in [-0.15, -0.1) is 11.3 Å². The van der Waals surface area contributed by atoms with Crippen molar-refractivity contribution in [3.05, 3.63) is 82.7 Å². The predicted molar refractivity (Wildman–Crippen MR) is 111 cm³/mol. The molecule has 1 aliphatic heterocycles. The SMILES string of the molecule is N#Cc1ccc2c(c1)CN(S(=O)(=O)c1cccs1)[C@H](Cc1ccccc1)CN2. The lowest BCUT2D eigenvalue weighted by Crippen LogP contribution is -2.43. The summed E-state index contributed by atoms with van der Waals surface area (Å²) in [6.07, 6.45) is 0.609. The van der Waals surface area contributed by atoms with Crippen LogP contribution in [0.25, 0.3) is 0 Å². The quantitative estimate of drug-likeness (QED) is 0.710. The zero-order valence-electron chi connectivity index (χ0n) is 15.1. The van der Waals surface area contributed by atoms with Crippen LogP contribution >= 0.6 is 11.3 Å². The number of benzene rings is 2. The first-order valence-electron chi connectivity index (χ1n) is 8.94. The summed E-state index contributed by atoms with van der Waals surface area (Å²) in [5.41, 5.74) is 3.30.